The van der Waals surface area contributed by atoms with E-state index in [1.165, 1.54) is 4.31 Å². The van der Waals surface area contributed by atoms with Gasteiger partial charge in [0.05, 0.1) is 19.1 Å². The van der Waals surface area contributed by atoms with Gasteiger partial charge >= 0.3 is 0 Å². The fourth-order valence-corrected chi connectivity index (χ4v) is 4.28. The van der Waals surface area contributed by atoms with E-state index in [1.807, 2.05) is 44.2 Å². The van der Waals surface area contributed by atoms with Crippen molar-refractivity contribution in [1.29, 1.82) is 0 Å². The first-order valence-electron chi connectivity index (χ1n) is 9.60. The predicted molar refractivity (Wildman–Crippen MR) is 117 cm³/mol. The summed E-state index contributed by atoms with van der Waals surface area (Å²) in [5.41, 5.74) is 3.69. The van der Waals surface area contributed by atoms with Crippen molar-refractivity contribution >= 4 is 21.6 Å². The van der Waals surface area contributed by atoms with Crippen LogP contribution in [0.5, 0.6) is 5.75 Å². The van der Waals surface area contributed by atoms with E-state index in [0.29, 0.717) is 12.2 Å². The average Bonchev–Trinajstić information content (AvgIpc) is 2.67. The zero-order valence-electron chi connectivity index (χ0n) is 17.7. The largest absolute Gasteiger partial charge is 0.497 e. The number of ether oxygens (including phenoxy) is 1. The molecule has 0 saturated heterocycles. The molecule has 0 unspecified atom stereocenters. The molecule has 7 heteroatoms. The molecule has 0 radical (unpaired) electrons. The Bertz CT molecular complexity index is 940. The van der Waals surface area contributed by atoms with Crippen LogP contribution in [-0.4, -0.2) is 40.3 Å². The Morgan fingerprint density at radius 2 is 1.76 bits per heavy atom. The molecule has 0 fully saturated rings. The van der Waals surface area contributed by atoms with Crippen LogP contribution in [0.15, 0.2) is 42.5 Å². The number of aryl methyl sites for hydroxylation is 3. The van der Waals surface area contributed by atoms with Crippen LogP contribution in [0.25, 0.3) is 0 Å². The Hall–Kier alpha value is -2.54. The third-order valence-corrected chi connectivity index (χ3v) is 6.18. The molecule has 0 heterocycles. The van der Waals surface area contributed by atoms with Gasteiger partial charge in [-0.05, 0) is 74.6 Å². The molecule has 0 aliphatic heterocycles. The van der Waals surface area contributed by atoms with Crippen molar-refractivity contribution in [3.05, 3.63) is 59.2 Å². The monoisotopic (exact) mass is 418 g/mol. The van der Waals surface area contributed by atoms with Crippen LogP contribution in [0.1, 0.15) is 30.0 Å². The normalized spacial score (nSPS) is 12.3. The number of amides is 1. The van der Waals surface area contributed by atoms with Crippen molar-refractivity contribution in [1.82, 2.24) is 5.32 Å². The highest BCUT2D eigenvalue weighted by Crippen LogP contribution is 2.23. The van der Waals surface area contributed by atoms with Gasteiger partial charge in [0.25, 0.3) is 0 Å². The van der Waals surface area contributed by atoms with Gasteiger partial charge in [-0.1, -0.05) is 18.2 Å². The molecule has 2 aromatic rings. The summed E-state index contributed by atoms with van der Waals surface area (Å²) in [4.78, 5) is 12.6. The van der Waals surface area contributed by atoms with Crippen LogP contribution in [0.3, 0.4) is 0 Å². The number of sulfonamides is 1. The maximum Gasteiger partial charge on any atom is 0.243 e. The van der Waals surface area contributed by atoms with Crippen LogP contribution < -0.4 is 14.4 Å². The third kappa shape index (κ3) is 6.22. The standard InChI is InChI=1S/C22H30N2O4S/c1-16-8-11-20(15-17(16)2)24(29(5,26)27)18(3)22(25)23-14-6-7-19-9-12-21(28-4)13-10-19/h8-13,15,18H,6-7,14H2,1-5H3,(H,23,25)/t18-/m1/s1. The Labute approximate surface area is 173 Å². The first-order valence-corrected chi connectivity index (χ1v) is 11.5. The van der Waals surface area contributed by atoms with E-state index in [1.54, 1.807) is 26.2 Å². The number of carbonyl (C=O) groups is 1. The molecule has 1 atom stereocenters. The van der Waals surface area contributed by atoms with Gasteiger partial charge in [0, 0.05) is 6.54 Å². The Balaban J connectivity index is 1.98. The summed E-state index contributed by atoms with van der Waals surface area (Å²) < 4.78 is 31.1. The van der Waals surface area contributed by atoms with Crippen LogP contribution in [-0.2, 0) is 21.2 Å². The lowest BCUT2D eigenvalue weighted by atomic mass is 10.1. The molecule has 1 amide bonds. The van der Waals surface area contributed by atoms with Crippen molar-refractivity contribution in [2.45, 2.75) is 39.7 Å². The molecule has 2 rings (SSSR count). The number of hydrogen-bond acceptors (Lipinski definition) is 4. The fourth-order valence-electron chi connectivity index (χ4n) is 3.12. The van der Waals surface area contributed by atoms with E-state index < -0.39 is 16.1 Å². The average molecular weight is 419 g/mol. The van der Waals surface area contributed by atoms with Crippen LogP contribution >= 0.6 is 0 Å². The van der Waals surface area contributed by atoms with E-state index in [-0.39, 0.29) is 5.91 Å². The second kappa shape index (κ2) is 9.78. The van der Waals surface area contributed by atoms with Gasteiger partial charge in [-0.15, -0.1) is 0 Å². The molecule has 0 aliphatic carbocycles. The molecule has 0 spiro atoms. The van der Waals surface area contributed by atoms with Crippen molar-refractivity contribution < 1.29 is 17.9 Å². The second-order valence-electron chi connectivity index (χ2n) is 7.25. The maximum atomic E-state index is 12.6. The summed E-state index contributed by atoms with van der Waals surface area (Å²) in [6.07, 6.45) is 2.69. The molecule has 0 saturated carbocycles. The molecule has 0 aliphatic rings. The third-order valence-electron chi connectivity index (χ3n) is 4.93. The number of nitrogens with zero attached hydrogens (tertiary/aromatic N) is 1. The molecule has 158 valence electrons. The summed E-state index contributed by atoms with van der Waals surface area (Å²) in [5, 5.41) is 2.85. The van der Waals surface area contributed by atoms with E-state index >= 15 is 0 Å². The molecule has 0 aromatic heterocycles. The minimum Gasteiger partial charge on any atom is -0.497 e. The van der Waals surface area contributed by atoms with Gasteiger partial charge in [0.1, 0.15) is 11.8 Å². The maximum absolute atomic E-state index is 12.6. The predicted octanol–water partition coefficient (Wildman–Crippen LogP) is 3.22. The molecule has 2 aromatic carbocycles. The first kappa shape index (κ1) is 22.7. The zero-order valence-corrected chi connectivity index (χ0v) is 18.5. The molecule has 1 N–H and O–H groups in total. The minimum absolute atomic E-state index is 0.316. The van der Waals surface area contributed by atoms with Crippen LogP contribution in [0.2, 0.25) is 0 Å². The molecule has 6 nitrogen and oxygen atoms in total. The van der Waals surface area contributed by atoms with Crippen molar-refractivity contribution in [3.63, 3.8) is 0 Å². The minimum atomic E-state index is -3.61. The summed E-state index contributed by atoms with van der Waals surface area (Å²) >= 11 is 0. The lowest BCUT2D eigenvalue weighted by Crippen LogP contribution is -2.48. The topological polar surface area (TPSA) is 75.7 Å². The number of rotatable bonds is 9. The molecule has 0 bridgehead atoms. The lowest BCUT2D eigenvalue weighted by Gasteiger charge is -2.28. The Morgan fingerprint density at radius 1 is 1.10 bits per heavy atom. The Kier molecular flexibility index (Phi) is 7.67. The number of nitrogens with one attached hydrogen (secondary N) is 1. The number of benzene rings is 2. The SMILES string of the molecule is COc1ccc(CCCNC(=O)[C@@H](C)N(c2ccc(C)c(C)c2)S(C)(=O)=O)cc1. The number of methoxy groups -OCH3 is 1. The second-order valence-corrected chi connectivity index (χ2v) is 9.11. The zero-order chi connectivity index (χ0) is 21.6. The van der Waals surface area contributed by atoms with Crippen LogP contribution in [0.4, 0.5) is 5.69 Å². The number of anilines is 1. The van der Waals surface area contributed by atoms with Crippen molar-refractivity contribution in [3.8, 4) is 5.75 Å². The highest BCUT2D eigenvalue weighted by atomic mass is 32.2. The molecular formula is C22H30N2O4S. The summed E-state index contributed by atoms with van der Waals surface area (Å²) in [6, 6.07) is 12.4. The van der Waals surface area contributed by atoms with E-state index in [9.17, 15) is 13.2 Å². The highest BCUT2D eigenvalue weighted by molar-refractivity contribution is 7.92. The number of hydrogen-bond donors (Lipinski definition) is 1. The molecule has 29 heavy (non-hydrogen) atoms. The van der Waals surface area contributed by atoms with Gasteiger partial charge in [-0.3, -0.25) is 9.10 Å². The summed E-state index contributed by atoms with van der Waals surface area (Å²) in [6.45, 7) is 5.96. The van der Waals surface area contributed by atoms with E-state index in [4.69, 9.17) is 4.74 Å². The van der Waals surface area contributed by atoms with Crippen molar-refractivity contribution in [2.24, 2.45) is 0 Å². The molecular weight excluding hydrogens is 388 g/mol. The quantitative estimate of drug-likeness (QED) is 0.635. The lowest BCUT2D eigenvalue weighted by molar-refractivity contribution is -0.121. The van der Waals surface area contributed by atoms with E-state index in [0.717, 1.165) is 41.5 Å². The van der Waals surface area contributed by atoms with Crippen molar-refractivity contribution in [2.75, 3.05) is 24.2 Å². The first-order chi connectivity index (χ1) is 13.6. The van der Waals surface area contributed by atoms with Gasteiger partial charge in [-0.2, -0.15) is 0 Å². The Morgan fingerprint density at radius 3 is 2.31 bits per heavy atom. The summed E-state index contributed by atoms with van der Waals surface area (Å²) in [5.74, 6) is 0.492. The van der Waals surface area contributed by atoms with Gasteiger partial charge in [0.15, 0.2) is 0 Å². The smallest absolute Gasteiger partial charge is 0.243 e. The van der Waals surface area contributed by atoms with Crippen LogP contribution in [0, 0.1) is 13.8 Å². The number of carbonyl (C=O) groups excluding carboxylic acids is 1. The fraction of sp³-hybridized carbons (Fsp3) is 0.409. The van der Waals surface area contributed by atoms with Gasteiger partial charge in [0.2, 0.25) is 15.9 Å². The van der Waals surface area contributed by atoms with Gasteiger partial charge in [-0.25, -0.2) is 8.42 Å². The van der Waals surface area contributed by atoms with Gasteiger partial charge < -0.3 is 10.1 Å². The highest BCUT2D eigenvalue weighted by Gasteiger charge is 2.29. The summed E-state index contributed by atoms with van der Waals surface area (Å²) in [7, 11) is -1.98. The van der Waals surface area contributed by atoms with E-state index in [2.05, 4.69) is 5.32 Å².